The molecule has 0 aliphatic heterocycles. The van der Waals surface area contributed by atoms with E-state index in [1.807, 2.05) is 6.07 Å². The van der Waals surface area contributed by atoms with Crippen molar-refractivity contribution in [1.29, 1.82) is 0 Å². The molecule has 0 radical (unpaired) electrons. The Morgan fingerprint density at radius 1 is 1.41 bits per heavy atom. The van der Waals surface area contributed by atoms with E-state index in [2.05, 4.69) is 18.3 Å². The standard InChI is InChI=1S/C13H16FNOS/c1-3-15-11(8-16-2)13-6-9-4-5-10(14)7-12(9)17-13/h4-7,11,15H,3,8H2,1-2H3. The normalized spacial score (nSPS) is 13.1. The molecule has 1 heterocycles. The van der Waals surface area contributed by atoms with E-state index in [4.69, 9.17) is 4.74 Å². The summed E-state index contributed by atoms with van der Waals surface area (Å²) in [5, 5.41) is 4.46. The lowest BCUT2D eigenvalue weighted by molar-refractivity contribution is 0.169. The lowest BCUT2D eigenvalue weighted by atomic mass is 10.2. The molecule has 0 aliphatic carbocycles. The van der Waals surface area contributed by atoms with Gasteiger partial charge in [-0.1, -0.05) is 13.0 Å². The van der Waals surface area contributed by atoms with E-state index in [0.717, 1.165) is 16.6 Å². The number of fused-ring (bicyclic) bond motifs is 1. The van der Waals surface area contributed by atoms with Crippen LogP contribution >= 0.6 is 11.3 Å². The summed E-state index contributed by atoms with van der Waals surface area (Å²) in [6.07, 6.45) is 0. The third-order valence-corrected chi connectivity index (χ3v) is 3.84. The summed E-state index contributed by atoms with van der Waals surface area (Å²) in [4.78, 5) is 1.19. The third kappa shape index (κ3) is 2.83. The molecule has 1 N–H and O–H groups in total. The quantitative estimate of drug-likeness (QED) is 0.882. The molecule has 1 aromatic carbocycles. The molecular weight excluding hydrogens is 237 g/mol. The molecule has 92 valence electrons. The molecule has 1 unspecified atom stereocenters. The molecule has 4 heteroatoms. The van der Waals surface area contributed by atoms with Gasteiger partial charge in [-0.15, -0.1) is 11.3 Å². The van der Waals surface area contributed by atoms with Crippen molar-refractivity contribution < 1.29 is 9.13 Å². The van der Waals surface area contributed by atoms with E-state index < -0.39 is 0 Å². The number of ether oxygens (including phenoxy) is 1. The van der Waals surface area contributed by atoms with E-state index in [0.29, 0.717) is 6.61 Å². The predicted molar refractivity (Wildman–Crippen MR) is 70.1 cm³/mol. The highest BCUT2D eigenvalue weighted by molar-refractivity contribution is 7.19. The zero-order valence-electron chi connectivity index (χ0n) is 10.00. The molecule has 0 bridgehead atoms. The molecule has 1 aromatic heterocycles. The maximum Gasteiger partial charge on any atom is 0.124 e. The van der Waals surface area contributed by atoms with Gasteiger partial charge in [0.15, 0.2) is 0 Å². The molecule has 1 atom stereocenters. The lowest BCUT2D eigenvalue weighted by Gasteiger charge is -2.14. The minimum absolute atomic E-state index is 0.183. The number of rotatable bonds is 5. The summed E-state index contributed by atoms with van der Waals surface area (Å²) >= 11 is 1.62. The van der Waals surface area contributed by atoms with Crippen molar-refractivity contribution in [2.45, 2.75) is 13.0 Å². The molecule has 0 saturated heterocycles. The SMILES string of the molecule is CCNC(COC)c1cc2ccc(F)cc2s1. The van der Waals surface area contributed by atoms with Crippen molar-refractivity contribution in [3.05, 3.63) is 35.0 Å². The fraction of sp³-hybridized carbons (Fsp3) is 0.385. The zero-order chi connectivity index (χ0) is 12.3. The molecule has 2 aromatic rings. The molecule has 0 saturated carbocycles. The van der Waals surface area contributed by atoms with Crippen LogP contribution in [0.25, 0.3) is 10.1 Å². The Balaban J connectivity index is 2.33. The van der Waals surface area contributed by atoms with Gasteiger partial charge in [-0.25, -0.2) is 4.39 Å². The average Bonchev–Trinajstić information content (AvgIpc) is 2.71. The summed E-state index contributed by atoms with van der Waals surface area (Å²) in [6, 6.07) is 7.19. The molecule has 2 nitrogen and oxygen atoms in total. The predicted octanol–water partition coefficient (Wildman–Crippen LogP) is 3.34. The largest absolute Gasteiger partial charge is 0.383 e. The van der Waals surface area contributed by atoms with Crippen LogP contribution in [0, 0.1) is 5.82 Å². The van der Waals surface area contributed by atoms with E-state index in [1.54, 1.807) is 24.5 Å². The van der Waals surface area contributed by atoms with Gasteiger partial charge in [0, 0.05) is 16.7 Å². The fourth-order valence-corrected chi connectivity index (χ4v) is 3.00. The molecular formula is C13H16FNOS. The van der Waals surface area contributed by atoms with E-state index in [-0.39, 0.29) is 11.9 Å². The number of likely N-dealkylation sites (N-methyl/N-ethyl adjacent to an activating group) is 1. The van der Waals surface area contributed by atoms with Gasteiger partial charge >= 0.3 is 0 Å². The highest BCUT2D eigenvalue weighted by Crippen LogP contribution is 2.30. The zero-order valence-corrected chi connectivity index (χ0v) is 10.8. The minimum Gasteiger partial charge on any atom is -0.383 e. The highest BCUT2D eigenvalue weighted by Gasteiger charge is 2.13. The number of hydrogen-bond donors (Lipinski definition) is 1. The third-order valence-electron chi connectivity index (χ3n) is 2.63. The van der Waals surface area contributed by atoms with Gasteiger partial charge in [-0.05, 0) is 30.1 Å². The first-order valence-electron chi connectivity index (χ1n) is 5.66. The number of nitrogens with one attached hydrogen (secondary N) is 1. The Morgan fingerprint density at radius 3 is 2.94 bits per heavy atom. The number of benzene rings is 1. The van der Waals surface area contributed by atoms with Crippen LogP contribution in [0.2, 0.25) is 0 Å². The minimum atomic E-state index is -0.183. The first-order valence-corrected chi connectivity index (χ1v) is 6.47. The van der Waals surface area contributed by atoms with Gasteiger partial charge in [0.1, 0.15) is 5.82 Å². The van der Waals surface area contributed by atoms with Crippen LogP contribution in [-0.4, -0.2) is 20.3 Å². The first-order chi connectivity index (χ1) is 8.24. The molecule has 0 spiro atoms. The number of methoxy groups -OCH3 is 1. The number of halogens is 1. The highest BCUT2D eigenvalue weighted by atomic mass is 32.1. The summed E-state index contributed by atoms with van der Waals surface area (Å²) in [7, 11) is 1.69. The molecule has 17 heavy (non-hydrogen) atoms. The van der Waals surface area contributed by atoms with Gasteiger partial charge in [-0.2, -0.15) is 0 Å². The van der Waals surface area contributed by atoms with Crippen LogP contribution in [0.3, 0.4) is 0 Å². The van der Waals surface area contributed by atoms with E-state index >= 15 is 0 Å². The monoisotopic (exact) mass is 253 g/mol. The van der Waals surface area contributed by atoms with Gasteiger partial charge in [0.2, 0.25) is 0 Å². The van der Waals surface area contributed by atoms with Crippen LogP contribution in [0.1, 0.15) is 17.8 Å². The van der Waals surface area contributed by atoms with Crippen molar-refractivity contribution in [2.24, 2.45) is 0 Å². The Kier molecular flexibility index (Phi) is 4.10. The summed E-state index contributed by atoms with van der Waals surface area (Å²) < 4.78 is 19.3. The van der Waals surface area contributed by atoms with Crippen molar-refractivity contribution in [1.82, 2.24) is 5.32 Å². The van der Waals surface area contributed by atoms with Crippen LogP contribution < -0.4 is 5.32 Å². The van der Waals surface area contributed by atoms with Crippen molar-refractivity contribution >= 4 is 21.4 Å². The van der Waals surface area contributed by atoms with Crippen LogP contribution in [0.5, 0.6) is 0 Å². The Morgan fingerprint density at radius 2 is 2.24 bits per heavy atom. The fourth-order valence-electron chi connectivity index (χ4n) is 1.85. The van der Waals surface area contributed by atoms with Gasteiger partial charge in [-0.3, -0.25) is 0 Å². The van der Waals surface area contributed by atoms with E-state index in [1.165, 1.54) is 10.9 Å². The van der Waals surface area contributed by atoms with Crippen molar-refractivity contribution in [2.75, 3.05) is 20.3 Å². The van der Waals surface area contributed by atoms with Gasteiger partial charge in [0.25, 0.3) is 0 Å². The van der Waals surface area contributed by atoms with Crippen LogP contribution in [0.4, 0.5) is 4.39 Å². The lowest BCUT2D eigenvalue weighted by Crippen LogP contribution is -2.23. The summed E-state index contributed by atoms with van der Waals surface area (Å²) in [6.45, 7) is 3.58. The van der Waals surface area contributed by atoms with E-state index in [9.17, 15) is 4.39 Å². The van der Waals surface area contributed by atoms with Gasteiger partial charge < -0.3 is 10.1 Å². The second-order valence-electron chi connectivity index (χ2n) is 3.90. The smallest absolute Gasteiger partial charge is 0.124 e. The van der Waals surface area contributed by atoms with Gasteiger partial charge in [0.05, 0.1) is 12.6 Å². The van der Waals surface area contributed by atoms with Crippen LogP contribution in [-0.2, 0) is 4.74 Å². The Hall–Kier alpha value is -0.970. The Labute approximate surface area is 104 Å². The van der Waals surface area contributed by atoms with Crippen LogP contribution in [0.15, 0.2) is 24.3 Å². The maximum absolute atomic E-state index is 13.1. The topological polar surface area (TPSA) is 21.3 Å². The van der Waals surface area contributed by atoms with Crippen molar-refractivity contribution in [3.8, 4) is 0 Å². The molecule has 0 fully saturated rings. The molecule has 2 rings (SSSR count). The number of thiophene rings is 1. The first kappa shape index (κ1) is 12.5. The Bertz CT molecular complexity index is 491. The number of hydrogen-bond acceptors (Lipinski definition) is 3. The second kappa shape index (κ2) is 5.58. The summed E-state index contributed by atoms with van der Waals surface area (Å²) in [5.41, 5.74) is 0. The average molecular weight is 253 g/mol. The maximum atomic E-state index is 13.1. The molecule has 0 amide bonds. The summed E-state index contributed by atoms with van der Waals surface area (Å²) in [5.74, 6) is -0.183. The second-order valence-corrected chi connectivity index (χ2v) is 5.01. The molecule has 0 aliphatic rings. The van der Waals surface area contributed by atoms with Crippen molar-refractivity contribution in [3.63, 3.8) is 0 Å².